The Kier molecular flexibility index (Phi) is 3.99. The number of fused-ring (bicyclic) bond motifs is 1. The van der Waals surface area contributed by atoms with E-state index < -0.39 is 0 Å². The Labute approximate surface area is 126 Å². The summed E-state index contributed by atoms with van der Waals surface area (Å²) >= 11 is 0. The van der Waals surface area contributed by atoms with E-state index in [0.29, 0.717) is 25.5 Å². The lowest BCUT2D eigenvalue weighted by Gasteiger charge is -2.06. The molecule has 0 bridgehead atoms. The summed E-state index contributed by atoms with van der Waals surface area (Å²) < 4.78 is 7.02. The standard InChI is InChI=1S/C14H16N6O2/c1-10(21)15-4-5-20-14-12(8-19-20)13(17-9-18-14)16-7-11-3-2-6-22-11/h2-3,6,8-9H,4-5,7H2,1H3,(H,15,21)(H,16,17,18). The van der Waals surface area contributed by atoms with E-state index in [1.807, 2.05) is 12.1 Å². The van der Waals surface area contributed by atoms with Gasteiger partial charge in [-0.3, -0.25) is 4.79 Å². The van der Waals surface area contributed by atoms with E-state index >= 15 is 0 Å². The molecule has 3 aromatic heterocycles. The topological polar surface area (TPSA) is 97.9 Å². The first-order valence-corrected chi connectivity index (χ1v) is 6.91. The van der Waals surface area contributed by atoms with E-state index in [1.165, 1.54) is 13.3 Å². The number of nitrogens with zero attached hydrogens (tertiary/aromatic N) is 4. The zero-order chi connectivity index (χ0) is 15.4. The maximum atomic E-state index is 10.9. The van der Waals surface area contributed by atoms with Crippen LogP contribution in [0.25, 0.3) is 11.0 Å². The predicted molar refractivity (Wildman–Crippen MR) is 80.0 cm³/mol. The molecule has 0 aliphatic carbocycles. The van der Waals surface area contributed by atoms with Gasteiger partial charge in [-0.25, -0.2) is 14.6 Å². The molecule has 0 unspecified atom stereocenters. The van der Waals surface area contributed by atoms with Gasteiger partial charge < -0.3 is 15.1 Å². The maximum absolute atomic E-state index is 10.9. The number of anilines is 1. The van der Waals surface area contributed by atoms with Crippen LogP contribution < -0.4 is 10.6 Å². The summed E-state index contributed by atoms with van der Waals surface area (Å²) in [6, 6.07) is 3.73. The second kappa shape index (κ2) is 6.25. The second-order valence-electron chi connectivity index (χ2n) is 4.74. The molecule has 8 heteroatoms. The van der Waals surface area contributed by atoms with E-state index in [4.69, 9.17) is 4.42 Å². The van der Waals surface area contributed by atoms with Crippen LogP contribution in [0.5, 0.6) is 0 Å². The minimum absolute atomic E-state index is 0.0631. The van der Waals surface area contributed by atoms with Crippen molar-refractivity contribution >= 4 is 22.8 Å². The van der Waals surface area contributed by atoms with Crippen molar-refractivity contribution in [1.82, 2.24) is 25.1 Å². The molecule has 0 aromatic carbocycles. The van der Waals surface area contributed by atoms with Gasteiger partial charge in [-0.15, -0.1) is 0 Å². The van der Waals surface area contributed by atoms with Crippen LogP contribution in [0.3, 0.4) is 0 Å². The fraction of sp³-hybridized carbons (Fsp3) is 0.286. The minimum atomic E-state index is -0.0631. The van der Waals surface area contributed by atoms with Gasteiger partial charge in [-0.2, -0.15) is 5.10 Å². The first-order valence-electron chi connectivity index (χ1n) is 6.91. The van der Waals surface area contributed by atoms with Gasteiger partial charge in [0, 0.05) is 13.5 Å². The molecular weight excluding hydrogens is 284 g/mol. The molecule has 114 valence electrons. The first kappa shape index (κ1) is 14.1. The van der Waals surface area contributed by atoms with Gasteiger partial charge in [-0.1, -0.05) is 0 Å². The average Bonchev–Trinajstić information content (AvgIpc) is 3.15. The highest BCUT2D eigenvalue weighted by molar-refractivity contribution is 5.86. The lowest BCUT2D eigenvalue weighted by molar-refractivity contribution is -0.118. The summed E-state index contributed by atoms with van der Waals surface area (Å²) in [4.78, 5) is 19.4. The molecule has 0 saturated heterocycles. The molecule has 0 aliphatic rings. The molecule has 1 amide bonds. The maximum Gasteiger partial charge on any atom is 0.216 e. The fourth-order valence-corrected chi connectivity index (χ4v) is 2.12. The molecular formula is C14H16N6O2. The van der Waals surface area contributed by atoms with Crippen molar-refractivity contribution < 1.29 is 9.21 Å². The molecule has 0 atom stereocenters. The summed E-state index contributed by atoms with van der Waals surface area (Å²) in [6.45, 7) is 3.08. The predicted octanol–water partition coefficient (Wildman–Crippen LogP) is 1.17. The van der Waals surface area contributed by atoms with Crippen LogP contribution in [0.1, 0.15) is 12.7 Å². The van der Waals surface area contributed by atoms with Gasteiger partial charge in [-0.05, 0) is 12.1 Å². The third-order valence-corrected chi connectivity index (χ3v) is 3.14. The molecule has 0 saturated carbocycles. The molecule has 0 aliphatic heterocycles. The van der Waals surface area contributed by atoms with Crippen LogP contribution in [0.2, 0.25) is 0 Å². The molecule has 3 heterocycles. The van der Waals surface area contributed by atoms with Crippen molar-refractivity contribution in [2.24, 2.45) is 0 Å². The van der Waals surface area contributed by atoms with E-state index in [0.717, 1.165) is 16.8 Å². The van der Waals surface area contributed by atoms with Crippen molar-refractivity contribution in [2.45, 2.75) is 20.0 Å². The van der Waals surface area contributed by atoms with Crippen LogP contribution in [-0.2, 0) is 17.9 Å². The zero-order valence-electron chi connectivity index (χ0n) is 12.1. The Balaban J connectivity index is 1.74. The van der Waals surface area contributed by atoms with Crippen LogP contribution in [0, 0.1) is 0 Å². The van der Waals surface area contributed by atoms with Crippen molar-refractivity contribution in [2.75, 3.05) is 11.9 Å². The van der Waals surface area contributed by atoms with Gasteiger partial charge >= 0.3 is 0 Å². The lowest BCUT2D eigenvalue weighted by atomic mass is 10.3. The van der Waals surface area contributed by atoms with Gasteiger partial charge in [0.25, 0.3) is 0 Å². The molecule has 0 fully saturated rings. The number of carbonyl (C=O) groups excluding carboxylic acids is 1. The minimum Gasteiger partial charge on any atom is -0.467 e. The monoisotopic (exact) mass is 300 g/mol. The molecule has 3 aromatic rings. The third-order valence-electron chi connectivity index (χ3n) is 3.14. The Hall–Kier alpha value is -2.90. The van der Waals surface area contributed by atoms with Gasteiger partial charge in [0.1, 0.15) is 17.9 Å². The Morgan fingerprint density at radius 1 is 1.41 bits per heavy atom. The fourth-order valence-electron chi connectivity index (χ4n) is 2.12. The highest BCUT2D eigenvalue weighted by Gasteiger charge is 2.10. The summed E-state index contributed by atoms with van der Waals surface area (Å²) in [5.41, 5.74) is 0.724. The normalized spacial score (nSPS) is 10.8. The Morgan fingerprint density at radius 2 is 2.32 bits per heavy atom. The summed E-state index contributed by atoms with van der Waals surface area (Å²) in [5, 5.41) is 11.1. The lowest BCUT2D eigenvalue weighted by Crippen LogP contribution is -2.24. The van der Waals surface area contributed by atoms with Crippen LogP contribution >= 0.6 is 0 Å². The number of hydrogen-bond donors (Lipinski definition) is 2. The quantitative estimate of drug-likeness (QED) is 0.709. The van der Waals surface area contributed by atoms with Gasteiger partial charge in [0.2, 0.25) is 5.91 Å². The van der Waals surface area contributed by atoms with E-state index in [2.05, 4.69) is 25.7 Å². The molecule has 8 nitrogen and oxygen atoms in total. The molecule has 22 heavy (non-hydrogen) atoms. The smallest absolute Gasteiger partial charge is 0.216 e. The number of hydrogen-bond acceptors (Lipinski definition) is 6. The number of carbonyl (C=O) groups is 1. The van der Waals surface area contributed by atoms with Crippen molar-refractivity contribution in [1.29, 1.82) is 0 Å². The van der Waals surface area contributed by atoms with E-state index in [1.54, 1.807) is 17.1 Å². The Morgan fingerprint density at radius 3 is 3.09 bits per heavy atom. The summed E-state index contributed by atoms with van der Waals surface area (Å²) in [5.74, 6) is 1.46. The van der Waals surface area contributed by atoms with Crippen molar-refractivity contribution in [3.05, 3.63) is 36.7 Å². The summed E-state index contributed by atoms with van der Waals surface area (Å²) in [6.07, 6.45) is 4.84. The van der Waals surface area contributed by atoms with Crippen LogP contribution in [0.15, 0.2) is 35.3 Å². The highest BCUT2D eigenvalue weighted by atomic mass is 16.3. The first-order chi connectivity index (χ1) is 10.7. The van der Waals surface area contributed by atoms with Crippen molar-refractivity contribution in [3.8, 4) is 0 Å². The SMILES string of the molecule is CC(=O)NCCn1ncc2c(NCc3ccco3)ncnc21. The van der Waals surface area contributed by atoms with Gasteiger partial charge in [0.05, 0.1) is 30.9 Å². The second-order valence-corrected chi connectivity index (χ2v) is 4.74. The van der Waals surface area contributed by atoms with Crippen LogP contribution in [-0.4, -0.2) is 32.2 Å². The number of rotatable bonds is 6. The van der Waals surface area contributed by atoms with E-state index in [9.17, 15) is 4.79 Å². The zero-order valence-corrected chi connectivity index (χ0v) is 12.1. The van der Waals surface area contributed by atoms with Crippen molar-refractivity contribution in [3.63, 3.8) is 0 Å². The third kappa shape index (κ3) is 3.05. The highest BCUT2D eigenvalue weighted by Crippen LogP contribution is 2.19. The summed E-state index contributed by atoms with van der Waals surface area (Å²) in [7, 11) is 0. The van der Waals surface area contributed by atoms with Gasteiger partial charge in [0.15, 0.2) is 5.65 Å². The molecule has 0 spiro atoms. The number of furan rings is 1. The number of aromatic nitrogens is 4. The van der Waals surface area contributed by atoms with Crippen LogP contribution in [0.4, 0.5) is 5.82 Å². The van der Waals surface area contributed by atoms with E-state index in [-0.39, 0.29) is 5.91 Å². The largest absolute Gasteiger partial charge is 0.467 e. The Bertz CT molecular complexity index is 765. The molecule has 3 rings (SSSR count). The molecule has 2 N–H and O–H groups in total. The molecule has 0 radical (unpaired) electrons. The number of amides is 1. The average molecular weight is 300 g/mol. The number of nitrogens with one attached hydrogen (secondary N) is 2.